The molecule has 0 radical (unpaired) electrons. The molecule has 2 heterocycles. The normalized spacial score (nSPS) is 19.6. The van der Waals surface area contributed by atoms with Crippen LogP contribution in [-0.2, 0) is 9.59 Å². The van der Waals surface area contributed by atoms with Crippen LogP contribution >= 0.6 is 0 Å². The largest absolute Gasteiger partial charge is 0.368 e. The number of urea groups is 1. The molecule has 2 saturated heterocycles. The Morgan fingerprint density at radius 3 is 2.17 bits per heavy atom. The van der Waals surface area contributed by atoms with Crippen LogP contribution in [0.5, 0.6) is 0 Å². The molecule has 2 aromatic rings. The molecule has 2 fully saturated rings. The lowest BCUT2D eigenvalue weighted by Gasteiger charge is -2.36. The maximum Gasteiger partial charge on any atom is 0.332 e. The number of carbonyl (C=O) groups is 3. The van der Waals surface area contributed by atoms with E-state index in [1.165, 1.54) is 4.90 Å². The molecule has 156 valence electrons. The Kier molecular flexibility index (Phi) is 5.44. The predicted molar refractivity (Wildman–Crippen MR) is 115 cm³/mol. The predicted octanol–water partition coefficient (Wildman–Crippen LogP) is 2.50. The quantitative estimate of drug-likeness (QED) is 0.732. The Balaban J connectivity index is 1.39. The summed E-state index contributed by atoms with van der Waals surface area (Å²) < 4.78 is 0. The van der Waals surface area contributed by atoms with Gasteiger partial charge in [-0.3, -0.25) is 19.4 Å². The van der Waals surface area contributed by atoms with E-state index in [0.29, 0.717) is 18.8 Å². The molecule has 30 heavy (non-hydrogen) atoms. The average Bonchev–Trinajstić information content (AvgIpc) is 2.98. The van der Waals surface area contributed by atoms with Crippen LogP contribution in [0.2, 0.25) is 0 Å². The molecular formula is C23H26N4O3. The van der Waals surface area contributed by atoms with E-state index in [-0.39, 0.29) is 18.4 Å². The van der Waals surface area contributed by atoms with Crippen LogP contribution in [0.3, 0.4) is 0 Å². The van der Waals surface area contributed by atoms with Gasteiger partial charge in [0.05, 0.1) is 0 Å². The van der Waals surface area contributed by atoms with Gasteiger partial charge in [0.15, 0.2) is 0 Å². The maximum absolute atomic E-state index is 12.9. The van der Waals surface area contributed by atoms with Gasteiger partial charge in [0.25, 0.3) is 5.91 Å². The van der Waals surface area contributed by atoms with E-state index in [1.54, 1.807) is 11.8 Å². The van der Waals surface area contributed by atoms with Crippen molar-refractivity contribution in [2.24, 2.45) is 0 Å². The Morgan fingerprint density at radius 2 is 1.53 bits per heavy atom. The summed E-state index contributed by atoms with van der Waals surface area (Å²) in [6.45, 7) is 6.04. The summed E-state index contributed by atoms with van der Waals surface area (Å²) in [6, 6.07) is 16.5. The van der Waals surface area contributed by atoms with Gasteiger partial charge >= 0.3 is 6.03 Å². The summed E-state index contributed by atoms with van der Waals surface area (Å²) in [5.74, 6) is -0.529. The number of hydrogen-bond acceptors (Lipinski definition) is 4. The number of imide groups is 1. The van der Waals surface area contributed by atoms with Crippen LogP contribution in [0.1, 0.15) is 12.5 Å². The first-order chi connectivity index (χ1) is 14.5. The smallest absolute Gasteiger partial charge is 0.332 e. The fourth-order valence-electron chi connectivity index (χ4n) is 4.00. The first kappa shape index (κ1) is 19.9. The van der Waals surface area contributed by atoms with Gasteiger partial charge in [-0.25, -0.2) is 4.79 Å². The topological polar surface area (TPSA) is 64.2 Å². The zero-order valence-corrected chi connectivity index (χ0v) is 17.3. The van der Waals surface area contributed by atoms with E-state index in [1.807, 2.05) is 49.4 Å². The summed E-state index contributed by atoms with van der Waals surface area (Å²) in [4.78, 5) is 45.0. The number of rotatable bonds is 4. The molecule has 4 amide bonds. The molecule has 1 atom stereocenters. The molecule has 0 N–H and O–H groups in total. The number of anilines is 2. The zero-order chi connectivity index (χ0) is 21.3. The van der Waals surface area contributed by atoms with Crippen LogP contribution in [-0.4, -0.2) is 66.4 Å². The van der Waals surface area contributed by atoms with Crippen LogP contribution in [0.25, 0.3) is 0 Å². The zero-order valence-electron chi connectivity index (χ0n) is 17.3. The second kappa shape index (κ2) is 8.18. The Morgan fingerprint density at radius 1 is 0.900 bits per heavy atom. The summed E-state index contributed by atoms with van der Waals surface area (Å²) in [5, 5.41) is 0. The molecule has 2 aliphatic rings. The van der Waals surface area contributed by atoms with E-state index in [0.717, 1.165) is 29.2 Å². The Hall–Kier alpha value is -3.35. The maximum atomic E-state index is 12.9. The van der Waals surface area contributed by atoms with Gasteiger partial charge in [-0.05, 0) is 38.1 Å². The van der Waals surface area contributed by atoms with Gasteiger partial charge in [0, 0.05) is 37.6 Å². The highest BCUT2D eigenvalue weighted by molar-refractivity contribution is 6.15. The molecule has 0 aromatic heterocycles. The highest BCUT2D eigenvalue weighted by Crippen LogP contribution is 2.26. The number of carbonyl (C=O) groups excluding carboxylic acids is 3. The van der Waals surface area contributed by atoms with Gasteiger partial charge in [0.1, 0.15) is 12.6 Å². The van der Waals surface area contributed by atoms with Crippen molar-refractivity contribution in [1.82, 2.24) is 9.80 Å². The lowest BCUT2D eigenvalue weighted by molar-refractivity contribution is -0.137. The molecule has 2 aliphatic heterocycles. The molecule has 0 saturated carbocycles. The lowest BCUT2D eigenvalue weighted by atomic mass is 10.2. The third-order valence-corrected chi connectivity index (χ3v) is 5.81. The first-order valence-electron chi connectivity index (χ1n) is 10.2. The number of piperazine rings is 1. The van der Waals surface area contributed by atoms with Crippen molar-refractivity contribution in [3.8, 4) is 0 Å². The van der Waals surface area contributed by atoms with Gasteiger partial charge in [-0.2, -0.15) is 0 Å². The first-order valence-corrected chi connectivity index (χ1v) is 10.2. The van der Waals surface area contributed by atoms with Crippen molar-refractivity contribution in [1.29, 1.82) is 0 Å². The number of hydrogen-bond donors (Lipinski definition) is 0. The monoisotopic (exact) mass is 406 g/mol. The van der Waals surface area contributed by atoms with Gasteiger partial charge < -0.3 is 9.80 Å². The molecule has 2 aromatic carbocycles. The average molecular weight is 406 g/mol. The minimum atomic E-state index is -0.622. The molecule has 1 unspecified atom stereocenters. The van der Waals surface area contributed by atoms with Crippen molar-refractivity contribution >= 4 is 29.2 Å². The van der Waals surface area contributed by atoms with Crippen molar-refractivity contribution in [3.05, 3.63) is 60.2 Å². The second-order valence-electron chi connectivity index (χ2n) is 7.79. The molecule has 7 heteroatoms. The van der Waals surface area contributed by atoms with E-state index in [2.05, 4.69) is 17.0 Å². The van der Waals surface area contributed by atoms with Crippen molar-refractivity contribution in [3.63, 3.8) is 0 Å². The van der Waals surface area contributed by atoms with Crippen molar-refractivity contribution in [2.45, 2.75) is 19.9 Å². The molecule has 0 spiro atoms. The molecular weight excluding hydrogens is 380 g/mol. The van der Waals surface area contributed by atoms with Gasteiger partial charge in [0.2, 0.25) is 5.91 Å². The third kappa shape index (κ3) is 3.75. The van der Waals surface area contributed by atoms with Crippen molar-refractivity contribution in [2.75, 3.05) is 42.5 Å². The SMILES string of the molecule is Cc1ccc(N2C(=O)N(CC(=O)N3CCN(c4ccccc4)CC3)C(=O)C2C)cc1. The van der Waals surface area contributed by atoms with Crippen LogP contribution in [0.4, 0.5) is 16.2 Å². The summed E-state index contributed by atoms with van der Waals surface area (Å²) in [7, 11) is 0. The minimum Gasteiger partial charge on any atom is -0.368 e. The lowest BCUT2D eigenvalue weighted by Crippen LogP contribution is -2.52. The number of aryl methyl sites for hydroxylation is 1. The summed E-state index contributed by atoms with van der Waals surface area (Å²) in [5.41, 5.74) is 2.88. The summed E-state index contributed by atoms with van der Waals surface area (Å²) in [6.07, 6.45) is 0. The van der Waals surface area contributed by atoms with E-state index >= 15 is 0 Å². The van der Waals surface area contributed by atoms with Gasteiger partial charge in [-0.1, -0.05) is 35.9 Å². The molecule has 7 nitrogen and oxygen atoms in total. The summed E-state index contributed by atoms with van der Waals surface area (Å²) >= 11 is 0. The second-order valence-corrected chi connectivity index (χ2v) is 7.79. The fraction of sp³-hybridized carbons (Fsp3) is 0.348. The highest BCUT2D eigenvalue weighted by Gasteiger charge is 2.44. The van der Waals surface area contributed by atoms with Crippen LogP contribution in [0.15, 0.2) is 54.6 Å². The Labute approximate surface area is 176 Å². The van der Waals surface area contributed by atoms with Crippen molar-refractivity contribution < 1.29 is 14.4 Å². The minimum absolute atomic E-state index is 0.192. The third-order valence-electron chi connectivity index (χ3n) is 5.81. The number of para-hydroxylation sites is 1. The van der Waals surface area contributed by atoms with Crippen LogP contribution in [0, 0.1) is 6.92 Å². The standard InChI is InChI=1S/C23H26N4O3/c1-17-8-10-20(11-9-17)27-18(2)22(29)26(23(27)30)16-21(28)25-14-12-24(13-15-25)19-6-4-3-5-7-19/h3-11,18H,12-16H2,1-2H3. The number of benzene rings is 2. The number of amides is 4. The highest BCUT2D eigenvalue weighted by atomic mass is 16.2. The van der Waals surface area contributed by atoms with E-state index in [4.69, 9.17) is 0 Å². The Bertz CT molecular complexity index is 937. The molecule has 0 aliphatic carbocycles. The molecule has 4 rings (SSSR count). The van der Waals surface area contributed by atoms with E-state index in [9.17, 15) is 14.4 Å². The fourth-order valence-corrected chi connectivity index (χ4v) is 4.00. The van der Waals surface area contributed by atoms with Gasteiger partial charge in [-0.15, -0.1) is 0 Å². The number of nitrogens with zero attached hydrogens (tertiary/aromatic N) is 4. The molecule has 0 bridgehead atoms. The van der Waals surface area contributed by atoms with E-state index < -0.39 is 12.1 Å². The van der Waals surface area contributed by atoms with Crippen LogP contribution < -0.4 is 9.80 Å².